The zero-order chi connectivity index (χ0) is 10.6. The lowest BCUT2D eigenvalue weighted by Gasteiger charge is -2.27. The fourth-order valence-corrected chi connectivity index (χ4v) is 1.85. The highest BCUT2D eigenvalue weighted by molar-refractivity contribution is 5.31. The van der Waals surface area contributed by atoms with Crippen LogP contribution in [0.15, 0.2) is 24.3 Å². The summed E-state index contributed by atoms with van der Waals surface area (Å²) in [5, 5.41) is 0. The van der Waals surface area contributed by atoms with Gasteiger partial charge in [0.2, 0.25) is 0 Å². The summed E-state index contributed by atoms with van der Waals surface area (Å²) < 4.78 is 5.76. The maximum Gasteiger partial charge on any atom is 0.0877 e. The second-order valence-electron chi connectivity index (χ2n) is 3.95. The zero-order valence-corrected chi connectivity index (χ0v) is 9.63. The number of aryl methyl sites for hydroxylation is 1. The van der Waals surface area contributed by atoms with Crippen molar-refractivity contribution in [3.8, 4) is 0 Å². The number of rotatable bonds is 4. The van der Waals surface area contributed by atoms with Crippen LogP contribution in [-0.4, -0.2) is 6.61 Å². The van der Waals surface area contributed by atoms with Gasteiger partial charge in [0.05, 0.1) is 5.60 Å². The van der Waals surface area contributed by atoms with Crippen LogP contribution in [0.2, 0.25) is 0 Å². The van der Waals surface area contributed by atoms with Crippen LogP contribution in [0, 0.1) is 0 Å². The van der Waals surface area contributed by atoms with E-state index in [4.69, 9.17) is 4.74 Å². The lowest BCUT2D eigenvalue weighted by atomic mass is 9.92. The van der Waals surface area contributed by atoms with E-state index in [2.05, 4.69) is 45.0 Å². The Kier molecular flexibility index (Phi) is 3.70. The molecule has 1 nitrogen and oxygen atoms in total. The molecule has 0 radical (unpaired) electrons. The van der Waals surface area contributed by atoms with Gasteiger partial charge in [0.15, 0.2) is 0 Å². The van der Waals surface area contributed by atoms with Gasteiger partial charge in [0, 0.05) is 6.61 Å². The van der Waals surface area contributed by atoms with E-state index >= 15 is 0 Å². The average molecular weight is 192 g/mol. The summed E-state index contributed by atoms with van der Waals surface area (Å²) in [7, 11) is 0. The molecule has 1 aromatic rings. The van der Waals surface area contributed by atoms with Gasteiger partial charge in [-0.05, 0) is 38.3 Å². The number of ether oxygens (including phenoxy) is 1. The Hall–Kier alpha value is -0.820. The molecule has 0 atom stereocenters. The number of benzene rings is 1. The smallest absolute Gasteiger partial charge is 0.0877 e. The summed E-state index contributed by atoms with van der Waals surface area (Å²) in [5.74, 6) is 0. The molecule has 0 aromatic heterocycles. The molecule has 0 saturated heterocycles. The maximum atomic E-state index is 5.76. The molecule has 0 heterocycles. The molecular formula is C13H20O. The third-order valence-electron chi connectivity index (χ3n) is 2.55. The summed E-state index contributed by atoms with van der Waals surface area (Å²) in [4.78, 5) is 0. The fourth-order valence-electron chi connectivity index (χ4n) is 1.85. The molecule has 0 bridgehead atoms. The van der Waals surface area contributed by atoms with Crippen LogP contribution in [0.25, 0.3) is 0 Å². The molecule has 78 valence electrons. The zero-order valence-electron chi connectivity index (χ0n) is 9.63. The molecule has 0 aliphatic carbocycles. The molecule has 0 aliphatic rings. The summed E-state index contributed by atoms with van der Waals surface area (Å²) in [6.07, 6.45) is 1.06. The van der Waals surface area contributed by atoms with E-state index in [0.717, 1.165) is 13.0 Å². The normalized spacial score (nSPS) is 11.7. The minimum atomic E-state index is -0.165. The van der Waals surface area contributed by atoms with Crippen LogP contribution in [-0.2, 0) is 16.8 Å². The van der Waals surface area contributed by atoms with Crippen molar-refractivity contribution in [3.05, 3.63) is 35.4 Å². The van der Waals surface area contributed by atoms with Crippen molar-refractivity contribution in [2.45, 2.75) is 39.7 Å². The third kappa shape index (κ3) is 2.36. The topological polar surface area (TPSA) is 9.23 Å². The van der Waals surface area contributed by atoms with E-state index in [9.17, 15) is 0 Å². The summed E-state index contributed by atoms with van der Waals surface area (Å²) in [6, 6.07) is 8.50. The molecule has 1 aromatic carbocycles. The SMILES string of the molecule is CCOC(C)(C)c1ccccc1CC. The van der Waals surface area contributed by atoms with Gasteiger partial charge >= 0.3 is 0 Å². The Balaban J connectivity index is 3.04. The van der Waals surface area contributed by atoms with E-state index in [1.807, 2.05) is 6.92 Å². The highest BCUT2D eigenvalue weighted by atomic mass is 16.5. The van der Waals surface area contributed by atoms with E-state index in [-0.39, 0.29) is 5.60 Å². The lowest BCUT2D eigenvalue weighted by molar-refractivity contribution is -0.0146. The first-order valence-electron chi connectivity index (χ1n) is 5.34. The maximum absolute atomic E-state index is 5.76. The van der Waals surface area contributed by atoms with Gasteiger partial charge in [-0.2, -0.15) is 0 Å². The lowest BCUT2D eigenvalue weighted by Crippen LogP contribution is -2.23. The molecule has 0 fully saturated rings. The van der Waals surface area contributed by atoms with Crippen molar-refractivity contribution < 1.29 is 4.74 Å². The first kappa shape index (κ1) is 11.3. The molecule has 1 heteroatoms. The van der Waals surface area contributed by atoms with E-state index in [1.165, 1.54) is 11.1 Å². The van der Waals surface area contributed by atoms with Gasteiger partial charge in [0.1, 0.15) is 0 Å². The van der Waals surface area contributed by atoms with E-state index in [1.54, 1.807) is 0 Å². The van der Waals surface area contributed by atoms with Crippen LogP contribution in [0.1, 0.15) is 38.8 Å². The average Bonchev–Trinajstić information content (AvgIpc) is 2.18. The van der Waals surface area contributed by atoms with Crippen LogP contribution in [0.5, 0.6) is 0 Å². The van der Waals surface area contributed by atoms with Crippen molar-refractivity contribution in [1.29, 1.82) is 0 Å². The Morgan fingerprint density at radius 2 is 1.79 bits per heavy atom. The van der Waals surface area contributed by atoms with Gasteiger partial charge in [-0.15, -0.1) is 0 Å². The first-order chi connectivity index (χ1) is 6.61. The fraction of sp³-hybridized carbons (Fsp3) is 0.538. The predicted molar refractivity (Wildman–Crippen MR) is 60.5 cm³/mol. The quantitative estimate of drug-likeness (QED) is 0.709. The Labute approximate surface area is 87.1 Å². The summed E-state index contributed by atoms with van der Waals surface area (Å²) in [6.45, 7) is 9.23. The van der Waals surface area contributed by atoms with Crippen molar-refractivity contribution in [2.75, 3.05) is 6.61 Å². The largest absolute Gasteiger partial charge is 0.371 e. The van der Waals surface area contributed by atoms with Gasteiger partial charge in [0.25, 0.3) is 0 Å². The van der Waals surface area contributed by atoms with Crippen molar-refractivity contribution in [1.82, 2.24) is 0 Å². The molecule has 14 heavy (non-hydrogen) atoms. The molecular weight excluding hydrogens is 172 g/mol. The number of hydrogen-bond donors (Lipinski definition) is 0. The first-order valence-corrected chi connectivity index (χ1v) is 5.34. The van der Waals surface area contributed by atoms with Crippen LogP contribution >= 0.6 is 0 Å². The second kappa shape index (κ2) is 4.61. The van der Waals surface area contributed by atoms with Gasteiger partial charge in [-0.3, -0.25) is 0 Å². The molecule has 0 aliphatic heterocycles. The van der Waals surface area contributed by atoms with Crippen molar-refractivity contribution in [2.24, 2.45) is 0 Å². The van der Waals surface area contributed by atoms with Gasteiger partial charge in [-0.25, -0.2) is 0 Å². The van der Waals surface area contributed by atoms with Crippen LogP contribution in [0.3, 0.4) is 0 Å². The summed E-state index contributed by atoms with van der Waals surface area (Å²) in [5.41, 5.74) is 2.52. The standard InChI is InChI=1S/C13H20O/c1-5-11-9-7-8-10-12(11)13(3,4)14-6-2/h7-10H,5-6H2,1-4H3. The van der Waals surface area contributed by atoms with Crippen molar-refractivity contribution >= 4 is 0 Å². The Bertz CT molecular complexity index is 289. The van der Waals surface area contributed by atoms with E-state index in [0.29, 0.717) is 0 Å². The molecule has 1 rings (SSSR count). The number of hydrogen-bond acceptors (Lipinski definition) is 1. The van der Waals surface area contributed by atoms with Crippen molar-refractivity contribution in [3.63, 3.8) is 0 Å². The monoisotopic (exact) mass is 192 g/mol. The highest BCUT2D eigenvalue weighted by Gasteiger charge is 2.22. The second-order valence-corrected chi connectivity index (χ2v) is 3.95. The van der Waals surface area contributed by atoms with E-state index < -0.39 is 0 Å². The van der Waals surface area contributed by atoms with Gasteiger partial charge in [-0.1, -0.05) is 31.2 Å². The summed E-state index contributed by atoms with van der Waals surface area (Å²) >= 11 is 0. The third-order valence-corrected chi connectivity index (χ3v) is 2.55. The van der Waals surface area contributed by atoms with Crippen LogP contribution < -0.4 is 0 Å². The van der Waals surface area contributed by atoms with Gasteiger partial charge < -0.3 is 4.74 Å². The predicted octanol–water partition coefficient (Wildman–Crippen LogP) is 3.52. The van der Waals surface area contributed by atoms with Crippen LogP contribution in [0.4, 0.5) is 0 Å². The molecule has 0 spiro atoms. The minimum Gasteiger partial charge on any atom is -0.371 e. The molecule has 0 amide bonds. The molecule has 0 unspecified atom stereocenters. The highest BCUT2D eigenvalue weighted by Crippen LogP contribution is 2.27. The Morgan fingerprint density at radius 3 is 2.36 bits per heavy atom. The minimum absolute atomic E-state index is 0.165. The molecule has 0 saturated carbocycles. The molecule has 0 N–H and O–H groups in total. The Morgan fingerprint density at radius 1 is 1.14 bits per heavy atom.